The number of carbonyl (C=O) groups excluding carboxylic acids is 1. The zero-order valence-corrected chi connectivity index (χ0v) is 11.9. The number of hydrogen-bond acceptors (Lipinski definition) is 6. The van der Waals surface area contributed by atoms with Crippen LogP contribution < -0.4 is 5.32 Å². The number of nitrogens with zero attached hydrogens (tertiary/aromatic N) is 4. The summed E-state index contributed by atoms with van der Waals surface area (Å²) in [6, 6.07) is 0. The Labute approximate surface area is 122 Å². The maximum absolute atomic E-state index is 11.9. The number of nitrogens with one attached hydrogen (secondary N) is 1. The maximum atomic E-state index is 11.9. The van der Waals surface area contributed by atoms with E-state index in [-0.39, 0.29) is 18.3 Å². The van der Waals surface area contributed by atoms with Crippen LogP contribution in [-0.4, -0.2) is 75.3 Å². The highest BCUT2D eigenvalue weighted by Crippen LogP contribution is 2.15. The molecule has 2 heterocycles. The molecule has 0 bridgehead atoms. The van der Waals surface area contributed by atoms with Crippen LogP contribution in [0.2, 0.25) is 0 Å². The van der Waals surface area contributed by atoms with Crippen molar-refractivity contribution >= 4 is 12.4 Å². The second-order valence-corrected chi connectivity index (χ2v) is 4.79. The Bertz CT molecular complexity index is 425. The van der Waals surface area contributed by atoms with Crippen LogP contribution in [0.5, 0.6) is 0 Å². The van der Waals surface area contributed by atoms with Crippen molar-refractivity contribution in [3.05, 3.63) is 12.4 Å². The number of aromatic nitrogens is 3. The quantitative estimate of drug-likeness (QED) is 0.573. The topological polar surface area (TPSA) is 121 Å². The molecule has 1 fully saturated rings. The molecule has 0 radical (unpaired) electrons. The van der Waals surface area contributed by atoms with E-state index >= 15 is 0 Å². The Kier molecular flexibility index (Phi) is 7.33. The molecular weight excluding hydrogens is 278 g/mol. The molecule has 0 saturated carbocycles. The molecule has 2 rings (SSSR count). The van der Waals surface area contributed by atoms with Gasteiger partial charge >= 0.3 is 0 Å². The van der Waals surface area contributed by atoms with Crippen LogP contribution in [0.1, 0.15) is 6.42 Å². The van der Waals surface area contributed by atoms with Gasteiger partial charge in [-0.25, -0.2) is 0 Å². The minimum Gasteiger partial charge on any atom is -0.483 e. The molecule has 21 heavy (non-hydrogen) atoms. The number of carbonyl (C=O) groups is 2. The molecule has 1 aliphatic rings. The van der Waals surface area contributed by atoms with Gasteiger partial charge in [-0.2, -0.15) is 0 Å². The first kappa shape index (κ1) is 17.1. The fourth-order valence-corrected chi connectivity index (χ4v) is 2.14. The van der Waals surface area contributed by atoms with Gasteiger partial charge in [0.1, 0.15) is 0 Å². The smallest absolute Gasteiger partial charge is 0.290 e. The second kappa shape index (κ2) is 9.03. The van der Waals surface area contributed by atoms with Gasteiger partial charge in [-0.05, 0) is 13.5 Å². The number of aliphatic hydroxyl groups excluding tert-OH is 1. The van der Waals surface area contributed by atoms with E-state index in [1.54, 1.807) is 17.1 Å². The average molecular weight is 299 g/mol. The van der Waals surface area contributed by atoms with E-state index in [2.05, 4.69) is 20.5 Å². The van der Waals surface area contributed by atoms with Crippen LogP contribution in [0.25, 0.3) is 0 Å². The number of amides is 1. The minimum atomic E-state index is -0.535. The molecule has 0 unspecified atom stereocenters. The first-order chi connectivity index (χ1) is 10.1. The number of likely N-dealkylation sites (tertiary alicyclic amines) is 1. The lowest BCUT2D eigenvalue weighted by Crippen LogP contribution is -2.49. The normalized spacial score (nSPS) is 22.0. The Morgan fingerprint density at radius 1 is 1.57 bits per heavy atom. The monoisotopic (exact) mass is 299 g/mol. The summed E-state index contributed by atoms with van der Waals surface area (Å²) in [5.74, 6) is -0.423. The van der Waals surface area contributed by atoms with Crippen molar-refractivity contribution in [2.45, 2.75) is 19.1 Å². The molecule has 1 amide bonds. The van der Waals surface area contributed by atoms with E-state index in [4.69, 9.17) is 9.90 Å². The third kappa shape index (κ3) is 5.88. The summed E-state index contributed by atoms with van der Waals surface area (Å²) in [5.41, 5.74) is 0. The van der Waals surface area contributed by atoms with E-state index in [0.717, 1.165) is 6.54 Å². The van der Waals surface area contributed by atoms with Crippen molar-refractivity contribution in [1.29, 1.82) is 0 Å². The van der Waals surface area contributed by atoms with Gasteiger partial charge in [0.15, 0.2) is 0 Å². The molecule has 1 aromatic rings. The molecule has 0 aromatic carbocycles. The summed E-state index contributed by atoms with van der Waals surface area (Å²) in [6.07, 6.45) is 3.46. The fraction of sp³-hybridized carbons (Fsp3) is 0.667. The fourth-order valence-electron chi connectivity index (χ4n) is 2.14. The van der Waals surface area contributed by atoms with Gasteiger partial charge < -0.3 is 20.4 Å². The lowest BCUT2D eigenvalue weighted by atomic mass is 9.94. The third-order valence-corrected chi connectivity index (χ3v) is 3.23. The zero-order chi connectivity index (χ0) is 15.7. The van der Waals surface area contributed by atoms with Crippen LogP contribution in [0.3, 0.4) is 0 Å². The Morgan fingerprint density at radius 2 is 2.29 bits per heavy atom. The second-order valence-electron chi connectivity index (χ2n) is 4.79. The number of hydrogen-bond donors (Lipinski definition) is 3. The summed E-state index contributed by atoms with van der Waals surface area (Å²) in [7, 11) is 1.96. The van der Waals surface area contributed by atoms with E-state index in [1.165, 1.54) is 0 Å². The van der Waals surface area contributed by atoms with Crippen LogP contribution in [0.4, 0.5) is 0 Å². The van der Waals surface area contributed by atoms with Crippen LogP contribution in [0.15, 0.2) is 12.4 Å². The molecule has 0 spiro atoms. The average Bonchev–Trinajstić information content (AvgIpc) is 2.95. The standard InChI is InChI=1S/C11H19N5O2.CH2O2/c1-15-5-2-10(17)9(8-15)11(18)12-3-6-16-7-4-13-14-16;2-1-3/h4,7,9-10,17H,2-3,5-6,8H2,1H3,(H,12,18);1H,(H,2,3)/t9-,10+;/m1./s1. The van der Waals surface area contributed by atoms with Crippen molar-refractivity contribution in [3.63, 3.8) is 0 Å². The molecule has 1 saturated heterocycles. The number of aliphatic hydroxyl groups is 1. The lowest BCUT2D eigenvalue weighted by molar-refractivity contribution is -0.131. The van der Waals surface area contributed by atoms with Gasteiger partial charge in [0.2, 0.25) is 5.91 Å². The molecule has 2 atom stereocenters. The van der Waals surface area contributed by atoms with E-state index in [1.807, 2.05) is 7.05 Å². The van der Waals surface area contributed by atoms with Gasteiger partial charge in [0.25, 0.3) is 6.47 Å². The summed E-state index contributed by atoms with van der Waals surface area (Å²) >= 11 is 0. The number of rotatable bonds is 4. The largest absolute Gasteiger partial charge is 0.483 e. The predicted octanol–water partition coefficient (Wildman–Crippen LogP) is -1.59. The zero-order valence-electron chi connectivity index (χ0n) is 11.9. The molecule has 9 nitrogen and oxygen atoms in total. The molecule has 9 heteroatoms. The molecule has 1 aliphatic heterocycles. The molecule has 118 valence electrons. The summed E-state index contributed by atoms with van der Waals surface area (Å²) in [5, 5.41) is 27.0. The van der Waals surface area contributed by atoms with Crippen LogP contribution in [-0.2, 0) is 16.1 Å². The highest BCUT2D eigenvalue weighted by atomic mass is 16.3. The SMILES string of the molecule is CN1CC[C@H](O)[C@H](C(=O)NCCn2ccnn2)C1.O=CO. The van der Waals surface area contributed by atoms with E-state index in [9.17, 15) is 9.90 Å². The van der Waals surface area contributed by atoms with Gasteiger partial charge in [-0.15, -0.1) is 5.10 Å². The van der Waals surface area contributed by atoms with Crippen molar-refractivity contribution < 1.29 is 19.8 Å². The molecule has 0 aliphatic carbocycles. The van der Waals surface area contributed by atoms with E-state index < -0.39 is 6.10 Å². The lowest BCUT2D eigenvalue weighted by Gasteiger charge is -2.32. The Morgan fingerprint density at radius 3 is 2.90 bits per heavy atom. The number of carboxylic acid groups (broad SMARTS) is 1. The van der Waals surface area contributed by atoms with Gasteiger partial charge in [0, 0.05) is 25.8 Å². The van der Waals surface area contributed by atoms with Crippen LogP contribution in [0, 0.1) is 5.92 Å². The number of piperidine rings is 1. The minimum absolute atomic E-state index is 0.0887. The summed E-state index contributed by atoms with van der Waals surface area (Å²) < 4.78 is 1.66. The highest BCUT2D eigenvalue weighted by molar-refractivity contribution is 5.79. The van der Waals surface area contributed by atoms with E-state index in [0.29, 0.717) is 26.1 Å². The third-order valence-electron chi connectivity index (χ3n) is 3.23. The van der Waals surface area contributed by atoms with Crippen molar-refractivity contribution in [3.8, 4) is 0 Å². The Hall–Kier alpha value is -2.00. The molecule has 3 N–H and O–H groups in total. The van der Waals surface area contributed by atoms with Gasteiger partial charge in [-0.1, -0.05) is 5.21 Å². The van der Waals surface area contributed by atoms with Crippen molar-refractivity contribution in [1.82, 2.24) is 25.2 Å². The molecule has 1 aromatic heterocycles. The predicted molar refractivity (Wildman–Crippen MR) is 73.3 cm³/mol. The van der Waals surface area contributed by atoms with Crippen molar-refractivity contribution in [2.24, 2.45) is 5.92 Å². The van der Waals surface area contributed by atoms with Gasteiger partial charge in [-0.3, -0.25) is 14.3 Å². The first-order valence-corrected chi connectivity index (χ1v) is 6.64. The highest BCUT2D eigenvalue weighted by Gasteiger charge is 2.31. The van der Waals surface area contributed by atoms with Gasteiger partial charge in [0.05, 0.1) is 24.8 Å². The first-order valence-electron chi connectivity index (χ1n) is 6.64. The van der Waals surface area contributed by atoms with Crippen LogP contribution >= 0.6 is 0 Å². The maximum Gasteiger partial charge on any atom is 0.290 e. The summed E-state index contributed by atoms with van der Waals surface area (Å²) in [6.45, 7) is 2.28. The summed E-state index contributed by atoms with van der Waals surface area (Å²) in [4.78, 5) is 22.4. The Balaban J connectivity index is 0.000000677. The van der Waals surface area contributed by atoms with Crippen molar-refractivity contribution in [2.75, 3.05) is 26.7 Å². The molecular formula is C12H21N5O4.